The van der Waals surface area contributed by atoms with E-state index in [9.17, 15) is 4.79 Å². The number of fused-ring (bicyclic) bond motifs is 1. The van der Waals surface area contributed by atoms with Gasteiger partial charge in [-0.15, -0.1) is 0 Å². The largest absolute Gasteiger partial charge is 0.350 e. The van der Waals surface area contributed by atoms with Crippen molar-refractivity contribution in [3.8, 4) is 0 Å². The summed E-state index contributed by atoms with van der Waals surface area (Å²) in [4.78, 5) is 22.6. The van der Waals surface area contributed by atoms with Crippen molar-refractivity contribution in [2.75, 3.05) is 47.3 Å². The smallest absolute Gasteiger partial charge is 0.270 e. The average molecular weight is 300 g/mol. The van der Waals surface area contributed by atoms with Crippen LogP contribution in [0, 0.1) is 0 Å². The molecular weight excluding hydrogens is 276 g/mol. The van der Waals surface area contributed by atoms with Gasteiger partial charge in [0.25, 0.3) is 5.91 Å². The SMILES string of the molecule is CN(C)Cc1c(C(=O)N2CCN(C)CC2)[nH]c2ccccc12. The Morgan fingerprint density at radius 1 is 1.18 bits per heavy atom. The zero-order valence-corrected chi connectivity index (χ0v) is 13.6. The molecule has 0 atom stereocenters. The van der Waals surface area contributed by atoms with Gasteiger partial charge in [-0.2, -0.15) is 0 Å². The maximum absolute atomic E-state index is 12.9. The second-order valence-electron chi connectivity index (χ2n) is 6.36. The Morgan fingerprint density at radius 2 is 1.86 bits per heavy atom. The normalized spacial score (nSPS) is 16.6. The number of benzene rings is 1. The van der Waals surface area contributed by atoms with Gasteiger partial charge in [0.05, 0.1) is 0 Å². The van der Waals surface area contributed by atoms with Crippen molar-refractivity contribution in [2.24, 2.45) is 0 Å². The fraction of sp³-hybridized carbons (Fsp3) is 0.471. The standard InChI is InChI=1S/C17H24N4O/c1-19(2)12-14-13-6-4-5-7-15(13)18-16(14)17(22)21-10-8-20(3)9-11-21/h4-7,18H,8-12H2,1-3H3. The zero-order chi connectivity index (χ0) is 15.7. The minimum atomic E-state index is 0.126. The molecule has 5 nitrogen and oxygen atoms in total. The third-order valence-corrected chi connectivity index (χ3v) is 4.29. The second kappa shape index (κ2) is 6.10. The fourth-order valence-corrected chi connectivity index (χ4v) is 3.03. The van der Waals surface area contributed by atoms with Gasteiger partial charge in [0.1, 0.15) is 5.69 Å². The Balaban J connectivity index is 1.96. The number of H-pyrrole nitrogens is 1. The maximum atomic E-state index is 12.9. The number of likely N-dealkylation sites (N-methyl/N-ethyl adjacent to an activating group) is 1. The van der Waals surface area contributed by atoms with Gasteiger partial charge in [0.15, 0.2) is 0 Å². The van der Waals surface area contributed by atoms with E-state index in [1.807, 2.05) is 37.2 Å². The molecule has 22 heavy (non-hydrogen) atoms. The Morgan fingerprint density at radius 3 is 2.55 bits per heavy atom. The predicted octanol–water partition coefficient (Wildman–Crippen LogP) is 1.62. The third kappa shape index (κ3) is 2.87. The van der Waals surface area contributed by atoms with Crippen LogP contribution in [0.1, 0.15) is 16.1 Å². The first kappa shape index (κ1) is 15.1. The van der Waals surface area contributed by atoms with E-state index in [2.05, 4.69) is 27.9 Å². The number of hydrogen-bond acceptors (Lipinski definition) is 3. The molecule has 1 aliphatic heterocycles. The van der Waals surface area contributed by atoms with Crippen molar-refractivity contribution in [1.29, 1.82) is 0 Å². The van der Waals surface area contributed by atoms with Crippen LogP contribution in [0.15, 0.2) is 24.3 Å². The van der Waals surface area contributed by atoms with E-state index in [-0.39, 0.29) is 5.91 Å². The summed E-state index contributed by atoms with van der Waals surface area (Å²) in [5, 5.41) is 1.15. The van der Waals surface area contributed by atoms with Gasteiger partial charge in [-0.3, -0.25) is 4.79 Å². The highest BCUT2D eigenvalue weighted by Gasteiger charge is 2.25. The minimum absolute atomic E-state index is 0.126. The average Bonchev–Trinajstić information content (AvgIpc) is 2.86. The van der Waals surface area contributed by atoms with E-state index in [0.717, 1.165) is 54.9 Å². The van der Waals surface area contributed by atoms with Crippen molar-refractivity contribution in [3.05, 3.63) is 35.5 Å². The summed E-state index contributed by atoms with van der Waals surface area (Å²) in [6, 6.07) is 8.16. The molecule has 1 aliphatic rings. The molecule has 1 aromatic carbocycles. The lowest BCUT2D eigenvalue weighted by Crippen LogP contribution is -2.47. The first-order chi connectivity index (χ1) is 10.6. The van der Waals surface area contributed by atoms with E-state index in [1.54, 1.807) is 0 Å². The Labute approximate surface area is 131 Å². The van der Waals surface area contributed by atoms with Gasteiger partial charge >= 0.3 is 0 Å². The Hall–Kier alpha value is -1.85. The van der Waals surface area contributed by atoms with Crippen LogP contribution >= 0.6 is 0 Å². The number of para-hydroxylation sites is 1. The molecule has 0 aliphatic carbocycles. The second-order valence-corrected chi connectivity index (χ2v) is 6.36. The summed E-state index contributed by atoms with van der Waals surface area (Å²) in [6.45, 7) is 4.24. The summed E-state index contributed by atoms with van der Waals surface area (Å²) < 4.78 is 0. The van der Waals surface area contributed by atoms with E-state index in [1.165, 1.54) is 0 Å². The number of carbonyl (C=O) groups excluding carboxylic acids is 1. The van der Waals surface area contributed by atoms with Gasteiger partial charge in [0.2, 0.25) is 0 Å². The number of piperazine rings is 1. The lowest BCUT2D eigenvalue weighted by molar-refractivity contribution is 0.0657. The Bertz CT molecular complexity index is 668. The molecule has 0 bridgehead atoms. The van der Waals surface area contributed by atoms with Gasteiger partial charge in [-0.1, -0.05) is 18.2 Å². The molecule has 1 saturated heterocycles. The molecule has 0 unspecified atom stereocenters. The zero-order valence-electron chi connectivity index (χ0n) is 13.6. The van der Waals surface area contributed by atoms with Gasteiger partial charge in [-0.25, -0.2) is 0 Å². The highest BCUT2D eigenvalue weighted by atomic mass is 16.2. The molecule has 5 heteroatoms. The summed E-state index contributed by atoms with van der Waals surface area (Å²) in [6.07, 6.45) is 0. The lowest BCUT2D eigenvalue weighted by Gasteiger charge is -2.32. The number of amides is 1. The van der Waals surface area contributed by atoms with Crippen LogP contribution in [0.5, 0.6) is 0 Å². The van der Waals surface area contributed by atoms with Crippen molar-refractivity contribution in [2.45, 2.75) is 6.54 Å². The third-order valence-electron chi connectivity index (χ3n) is 4.29. The van der Waals surface area contributed by atoms with Crippen LogP contribution in [0.25, 0.3) is 10.9 Å². The first-order valence-corrected chi connectivity index (χ1v) is 7.78. The van der Waals surface area contributed by atoms with Crippen molar-refractivity contribution in [3.63, 3.8) is 0 Å². The molecule has 2 heterocycles. The number of hydrogen-bond donors (Lipinski definition) is 1. The van der Waals surface area contributed by atoms with E-state index >= 15 is 0 Å². The van der Waals surface area contributed by atoms with Crippen molar-refractivity contribution in [1.82, 2.24) is 19.7 Å². The van der Waals surface area contributed by atoms with Crippen LogP contribution in [-0.4, -0.2) is 72.9 Å². The number of aromatic amines is 1. The molecule has 0 saturated carbocycles. The first-order valence-electron chi connectivity index (χ1n) is 7.78. The van der Waals surface area contributed by atoms with Crippen LogP contribution in [0.3, 0.4) is 0 Å². The Kier molecular flexibility index (Phi) is 4.18. The molecule has 1 aromatic heterocycles. The van der Waals surface area contributed by atoms with Gasteiger partial charge in [-0.05, 0) is 27.2 Å². The van der Waals surface area contributed by atoms with Crippen LogP contribution in [0.2, 0.25) is 0 Å². The topological polar surface area (TPSA) is 42.6 Å². The van der Waals surface area contributed by atoms with Crippen LogP contribution < -0.4 is 0 Å². The van der Waals surface area contributed by atoms with E-state index < -0.39 is 0 Å². The maximum Gasteiger partial charge on any atom is 0.270 e. The molecule has 0 radical (unpaired) electrons. The lowest BCUT2D eigenvalue weighted by atomic mass is 10.1. The monoisotopic (exact) mass is 300 g/mol. The van der Waals surface area contributed by atoms with E-state index in [4.69, 9.17) is 0 Å². The number of aromatic nitrogens is 1. The summed E-state index contributed by atoms with van der Waals surface area (Å²) >= 11 is 0. The summed E-state index contributed by atoms with van der Waals surface area (Å²) in [7, 11) is 6.17. The molecule has 118 valence electrons. The van der Waals surface area contributed by atoms with Crippen molar-refractivity contribution < 1.29 is 4.79 Å². The minimum Gasteiger partial charge on any atom is -0.350 e. The molecular formula is C17H24N4O. The van der Waals surface area contributed by atoms with Crippen LogP contribution in [0.4, 0.5) is 0 Å². The number of rotatable bonds is 3. The van der Waals surface area contributed by atoms with Gasteiger partial charge < -0.3 is 19.7 Å². The van der Waals surface area contributed by atoms with Crippen LogP contribution in [-0.2, 0) is 6.54 Å². The van der Waals surface area contributed by atoms with E-state index in [0.29, 0.717) is 0 Å². The number of nitrogens with one attached hydrogen (secondary N) is 1. The molecule has 1 fully saturated rings. The number of nitrogens with zero attached hydrogens (tertiary/aromatic N) is 3. The number of carbonyl (C=O) groups is 1. The van der Waals surface area contributed by atoms with Crippen molar-refractivity contribution >= 4 is 16.8 Å². The molecule has 1 N–H and O–H groups in total. The summed E-state index contributed by atoms with van der Waals surface area (Å²) in [5.74, 6) is 0.126. The fourth-order valence-electron chi connectivity index (χ4n) is 3.03. The molecule has 0 spiro atoms. The highest BCUT2D eigenvalue weighted by molar-refractivity contribution is 6.01. The predicted molar refractivity (Wildman–Crippen MR) is 89.1 cm³/mol. The molecule has 2 aromatic rings. The highest BCUT2D eigenvalue weighted by Crippen LogP contribution is 2.24. The molecule has 3 rings (SSSR count). The quantitative estimate of drug-likeness (QED) is 0.936. The molecule has 1 amide bonds. The van der Waals surface area contributed by atoms with Gasteiger partial charge in [0, 0.05) is 49.2 Å². The summed E-state index contributed by atoms with van der Waals surface area (Å²) in [5.41, 5.74) is 2.89.